The zero-order chi connectivity index (χ0) is 15.4. The third-order valence-corrected chi connectivity index (χ3v) is 4.77. The minimum Gasteiger partial charge on any atom is -0.373 e. The second kappa shape index (κ2) is 7.80. The molecule has 1 aromatic carbocycles. The molecule has 1 fully saturated rings. The van der Waals surface area contributed by atoms with E-state index in [0.717, 1.165) is 31.6 Å². The number of hydrogen-bond acceptors (Lipinski definition) is 3. The van der Waals surface area contributed by atoms with Gasteiger partial charge < -0.3 is 10.1 Å². The Morgan fingerprint density at radius 1 is 1.29 bits per heavy atom. The summed E-state index contributed by atoms with van der Waals surface area (Å²) in [6.45, 7) is 7.26. The number of rotatable bonds is 5. The van der Waals surface area contributed by atoms with Crippen LogP contribution in [0.15, 0.2) is 18.2 Å². The molecule has 0 spiro atoms. The van der Waals surface area contributed by atoms with Crippen molar-refractivity contribution in [1.29, 1.82) is 0 Å². The predicted octanol–water partition coefficient (Wildman–Crippen LogP) is 3.75. The first-order chi connectivity index (χ1) is 10.0. The molecule has 3 atom stereocenters. The highest BCUT2D eigenvalue weighted by Gasteiger charge is 2.23. The summed E-state index contributed by atoms with van der Waals surface area (Å²) in [6.07, 6.45) is 1.60. The molecule has 0 bridgehead atoms. The molecular formula is C16H24Cl2N2O. The summed E-state index contributed by atoms with van der Waals surface area (Å²) in [5.41, 5.74) is 1.07. The molecule has 3 unspecified atom stereocenters. The van der Waals surface area contributed by atoms with E-state index < -0.39 is 0 Å². The normalized spacial score (nSPS) is 25.0. The van der Waals surface area contributed by atoms with E-state index in [1.165, 1.54) is 0 Å². The van der Waals surface area contributed by atoms with Gasteiger partial charge in [-0.05, 0) is 38.9 Å². The minimum atomic E-state index is 0.213. The lowest BCUT2D eigenvalue weighted by molar-refractivity contribution is -0.0685. The molecule has 21 heavy (non-hydrogen) atoms. The first-order valence-corrected chi connectivity index (χ1v) is 8.25. The highest BCUT2D eigenvalue weighted by Crippen LogP contribution is 2.31. The van der Waals surface area contributed by atoms with E-state index >= 15 is 0 Å². The molecule has 1 heterocycles. The van der Waals surface area contributed by atoms with Gasteiger partial charge in [0.1, 0.15) is 0 Å². The Labute approximate surface area is 137 Å². The van der Waals surface area contributed by atoms with E-state index in [1.807, 2.05) is 25.2 Å². The molecule has 0 aliphatic carbocycles. The third kappa shape index (κ3) is 4.57. The number of nitrogens with one attached hydrogen (secondary N) is 1. The Hall–Kier alpha value is -0.320. The first kappa shape index (κ1) is 17.0. The quantitative estimate of drug-likeness (QED) is 0.889. The van der Waals surface area contributed by atoms with Gasteiger partial charge in [-0.3, -0.25) is 4.90 Å². The van der Waals surface area contributed by atoms with Crippen molar-refractivity contribution < 1.29 is 4.74 Å². The average molecular weight is 331 g/mol. The molecular weight excluding hydrogens is 307 g/mol. The molecule has 1 aliphatic rings. The van der Waals surface area contributed by atoms with E-state index in [2.05, 4.69) is 24.1 Å². The van der Waals surface area contributed by atoms with Crippen molar-refractivity contribution in [2.24, 2.45) is 0 Å². The van der Waals surface area contributed by atoms with Gasteiger partial charge in [-0.2, -0.15) is 0 Å². The van der Waals surface area contributed by atoms with Gasteiger partial charge in [0.25, 0.3) is 0 Å². The molecule has 0 radical (unpaired) electrons. The number of halogens is 2. The molecule has 0 aromatic heterocycles. The fourth-order valence-electron chi connectivity index (χ4n) is 3.02. The van der Waals surface area contributed by atoms with Crippen molar-refractivity contribution in [2.75, 3.05) is 26.7 Å². The molecule has 1 N–H and O–H groups in total. The summed E-state index contributed by atoms with van der Waals surface area (Å²) in [7, 11) is 1.96. The zero-order valence-electron chi connectivity index (χ0n) is 12.9. The molecule has 1 aromatic rings. The smallest absolute Gasteiger partial charge is 0.0678 e. The van der Waals surface area contributed by atoms with Crippen LogP contribution in [-0.2, 0) is 4.74 Å². The van der Waals surface area contributed by atoms with Crippen LogP contribution in [-0.4, -0.2) is 43.8 Å². The van der Waals surface area contributed by atoms with Crippen molar-refractivity contribution in [3.63, 3.8) is 0 Å². The topological polar surface area (TPSA) is 24.5 Å². The Bertz CT molecular complexity index is 460. The van der Waals surface area contributed by atoms with Gasteiger partial charge in [0.2, 0.25) is 0 Å². The average Bonchev–Trinajstić information content (AvgIpc) is 2.43. The molecule has 0 saturated carbocycles. The van der Waals surface area contributed by atoms with Crippen LogP contribution in [0.4, 0.5) is 0 Å². The zero-order valence-corrected chi connectivity index (χ0v) is 14.4. The Kier molecular flexibility index (Phi) is 6.33. The van der Waals surface area contributed by atoms with E-state index in [0.29, 0.717) is 22.3 Å². The van der Waals surface area contributed by atoms with Crippen LogP contribution in [0.1, 0.15) is 31.9 Å². The maximum Gasteiger partial charge on any atom is 0.0678 e. The second-order valence-corrected chi connectivity index (χ2v) is 6.58. The van der Waals surface area contributed by atoms with Gasteiger partial charge >= 0.3 is 0 Å². The third-order valence-electron chi connectivity index (χ3n) is 3.93. The van der Waals surface area contributed by atoms with Crippen LogP contribution in [0.5, 0.6) is 0 Å². The lowest BCUT2D eigenvalue weighted by Crippen LogP contribution is -2.46. The number of benzene rings is 1. The van der Waals surface area contributed by atoms with Crippen LogP contribution in [0.3, 0.4) is 0 Å². The van der Waals surface area contributed by atoms with Gasteiger partial charge in [0, 0.05) is 25.7 Å². The van der Waals surface area contributed by atoms with Gasteiger partial charge in [0.15, 0.2) is 0 Å². The van der Waals surface area contributed by atoms with E-state index in [9.17, 15) is 0 Å². The van der Waals surface area contributed by atoms with Crippen molar-refractivity contribution >= 4 is 23.2 Å². The number of morpholine rings is 1. The summed E-state index contributed by atoms with van der Waals surface area (Å²) >= 11 is 12.4. The van der Waals surface area contributed by atoms with E-state index in [4.69, 9.17) is 27.9 Å². The van der Waals surface area contributed by atoms with Gasteiger partial charge in [0.05, 0.1) is 22.3 Å². The fourth-order valence-corrected chi connectivity index (χ4v) is 3.46. The molecule has 0 amide bonds. The standard InChI is InChI=1S/C16H24Cl2N2O/c1-11-9-20(10-12(2)21-11)8-7-15(19-3)13-5-4-6-14(17)16(13)18/h4-6,11-12,15,19H,7-10H2,1-3H3. The summed E-state index contributed by atoms with van der Waals surface area (Å²) < 4.78 is 5.77. The van der Waals surface area contributed by atoms with Crippen LogP contribution in [0.2, 0.25) is 10.0 Å². The molecule has 3 nitrogen and oxygen atoms in total. The van der Waals surface area contributed by atoms with Crippen molar-refractivity contribution in [3.05, 3.63) is 33.8 Å². The highest BCUT2D eigenvalue weighted by atomic mass is 35.5. The maximum atomic E-state index is 6.33. The molecule has 2 rings (SSSR count). The lowest BCUT2D eigenvalue weighted by atomic mass is 10.0. The molecule has 118 valence electrons. The van der Waals surface area contributed by atoms with Crippen LogP contribution >= 0.6 is 23.2 Å². The van der Waals surface area contributed by atoms with Gasteiger partial charge in [-0.1, -0.05) is 35.3 Å². The van der Waals surface area contributed by atoms with Crippen molar-refractivity contribution in [3.8, 4) is 0 Å². The Morgan fingerprint density at radius 2 is 1.95 bits per heavy atom. The first-order valence-electron chi connectivity index (χ1n) is 7.50. The monoisotopic (exact) mass is 330 g/mol. The van der Waals surface area contributed by atoms with E-state index in [-0.39, 0.29) is 6.04 Å². The largest absolute Gasteiger partial charge is 0.373 e. The van der Waals surface area contributed by atoms with Crippen LogP contribution in [0, 0.1) is 0 Å². The summed E-state index contributed by atoms with van der Waals surface area (Å²) in [6, 6.07) is 6.03. The number of nitrogens with zero attached hydrogens (tertiary/aromatic N) is 1. The Morgan fingerprint density at radius 3 is 2.57 bits per heavy atom. The molecule has 5 heteroatoms. The van der Waals surface area contributed by atoms with Gasteiger partial charge in [-0.15, -0.1) is 0 Å². The SMILES string of the molecule is CNC(CCN1CC(C)OC(C)C1)c1cccc(Cl)c1Cl. The Balaban J connectivity index is 1.98. The summed E-state index contributed by atoms with van der Waals surface area (Å²) in [5, 5.41) is 4.62. The van der Waals surface area contributed by atoms with E-state index in [1.54, 1.807) is 0 Å². The van der Waals surface area contributed by atoms with Gasteiger partial charge in [-0.25, -0.2) is 0 Å². The number of hydrogen-bond donors (Lipinski definition) is 1. The lowest BCUT2D eigenvalue weighted by Gasteiger charge is -2.36. The molecule has 1 saturated heterocycles. The van der Waals surface area contributed by atoms with Crippen LogP contribution in [0.25, 0.3) is 0 Å². The predicted molar refractivity (Wildman–Crippen MR) is 89.3 cm³/mol. The fraction of sp³-hybridized carbons (Fsp3) is 0.625. The van der Waals surface area contributed by atoms with Crippen LogP contribution < -0.4 is 5.32 Å². The maximum absolute atomic E-state index is 6.33. The van der Waals surface area contributed by atoms with Crippen molar-refractivity contribution in [1.82, 2.24) is 10.2 Å². The van der Waals surface area contributed by atoms with Crippen molar-refractivity contribution in [2.45, 2.75) is 38.5 Å². The highest BCUT2D eigenvalue weighted by molar-refractivity contribution is 6.42. The number of ether oxygens (including phenoxy) is 1. The second-order valence-electron chi connectivity index (χ2n) is 5.79. The molecule has 1 aliphatic heterocycles. The minimum absolute atomic E-state index is 0.213. The summed E-state index contributed by atoms with van der Waals surface area (Å²) in [5.74, 6) is 0. The summed E-state index contributed by atoms with van der Waals surface area (Å²) in [4.78, 5) is 2.46.